The number of aliphatic hydroxyl groups is 1. The van der Waals surface area contributed by atoms with E-state index in [2.05, 4.69) is 20.5 Å². The number of aromatic nitrogens is 4. The van der Waals surface area contributed by atoms with Crippen LogP contribution in [0.15, 0.2) is 17.2 Å². The molecule has 0 bridgehead atoms. The van der Waals surface area contributed by atoms with Crippen molar-refractivity contribution in [1.82, 2.24) is 19.6 Å². The lowest BCUT2D eigenvalue weighted by atomic mass is 10.0. The van der Waals surface area contributed by atoms with Crippen molar-refractivity contribution in [3.05, 3.63) is 22.9 Å². The number of aromatic amines is 1. The Morgan fingerprint density at radius 2 is 2.39 bits per heavy atom. The highest BCUT2D eigenvalue weighted by atomic mass is 16.3. The van der Waals surface area contributed by atoms with E-state index >= 15 is 0 Å². The Bertz CT molecular complexity index is 613. The van der Waals surface area contributed by atoms with Gasteiger partial charge in [-0.05, 0) is 24.7 Å². The van der Waals surface area contributed by atoms with E-state index < -0.39 is 0 Å². The summed E-state index contributed by atoms with van der Waals surface area (Å²) < 4.78 is 1.35. The summed E-state index contributed by atoms with van der Waals surface area (Å²) >= 11 is 0. The Hall–Kier alpha value is -1.89. The molecule has 7 heteroatoms. The molecular weight excluding hydrogens is 234 g/mol. The van der Waals surface area contributed by atoms with Gasteiger partial charge in [-0.3, -0.25) is 0 Å². The molecule has 2 heterocycles. The third-order valence-electron chi connectivity index (χ3n) is 3.55. The number of rotatable bonds is 5. The van der Waals surface area contributed by atoms with E-state index in [1.807, 2.05) is 0 Å². The van der Waals surface area contributed by atoms with Gasteiger partial charge < -0.3 is 10.4 Å². The summed E-state index contributed by atoms with van der Waals surface area (Å²) in [5.74, 6) is 0.700. The molecule has 2 aromatic rings. The topological polar surface area (TPSA) is 95.3 Å². The van der Waals surface area contributed by atoms with Crippen LogP contribution in [0.1, 0.15) is 19.3 Å². The quantitative estimate of drug-likeness (QED) is 0.693. The summed E-state index contributed by atoms with van der Waals surface area (Å²) in [6, 6.07) is 1.73. The number of anilines is 1. The first kappa shape index (κ1) is 11.2. The number of hydrogen-bond donors (Lipinski definition) is 3. The van der Waals surface area contributed by atoms with E-state index in [1.165, 1.54) is 10.7 Å². The third-order valence-corrected chi connectivity index (χ3v) is 3.55. The lowest BCUT2D eigenvalue weighted by molar-refractivity contribution is 0.253. The maximum Gasteiger partial charge on any atom is 0.348 e. The first-order valence-electron chi connectivity index (χ1n) is 6.00. The Morgan fingerprint density at radius 1 is 1.56 bits per heavy atom. The lowest BCUT2D eigenvalue weighted by Crippen LogP contribution is -2.18. The Balaban J connectivity index is 1.73. The average Bonchev–Trinajstić information content (AvgIpc) is 3.05. The van der Waals surface area contributed by atoms with Crippen molar-refractivity contribution in [3.8, 4) is 0 Å². The second-order valence-corrected chi connectivity index (χ2v) is 4.86. The molecule has 3 N–H and O–H groups in total. The summed E-state index contributed by atoms with van der Waals surface area (Å²) in [5.41, 5.74) is 0.487. The predicted molar refractivity (Wildman–Crippen MR) is 65.5 cm³/mol. The number of nitrogens with zero attached hydrogens (tertiary/aromatic N) is 3. The van der Waals surface area contributed by atoms with Gasteiger partial charge in [-0.25, -0.2) is 19.3 Å². The zero-order valence-corrected chi connectivity index (χ0v) is 9.89. The predicted octanol–water partition coefficient (Wildman–Crippen LogP) is -0.00790. The van der Waals surface area contributed by atoms with Crippen molar-refractivity contribution < 1.29 is 5.11 Å². The summed E-state index contributed by atoms with van der Waals surface area (Å²) in [4.78, 5) is 15.4. The number of H-pyrrole nitrogens is 1. The van der Waals surface area contributed by atoms with Crippen LogP contribution >= 0.6 is 0 Å². The molecule has 0 aliphatic heterocycles. The molecule has 1 fully saturated rings. The monoisotopic (exact) mass is 249 g/mol. The van der Waals surface area contributed by atoms with E-state index in [0.29, 0.717) is 11.5 Å². The third kappa shape index (κ3) is 1.97. The van der Waals surface area contributed by atoms with Gasteiger partial charge in [0.25, 0.3) is 0 Å². The van der Waals surface area contributed by atoms with Crippen LogP contribution in [-0.4, -0.2) is 37.8 Å². The fourth-order valence-electron chi connectivity index (χ4n) is 2.11. The van der Waals surface area contributed by atoms with Crippen molar-refractivity contribution in [1.29, 1.82) is 0 Å². The van der Waals surface area contributed by atoms with Crippen LogP contribution in [0.2, 0.25) is 0 Å². The van der Waals surface area contributed by atoms with E-state index in [0.717, 1.165) is 25.8 Å². The minimum atomic E-state index is -0.289. The smallest absolute Gasteiger partial charge is 0.348 e. The largest absolute Gasteiger partial charge is 0.396 e. The van der Waals surface area contributed by atoms with Crippen LogP contribution in [-0.2, 0) is 0 Å². The van der Waals surface area contributed by atoms with Crippen molar-refractivity contribution >= 4 is 11.5 Å². The molecule has 2 aromatic heterocycles. The fraction of sp³-hybridized carbons (Fsp3) is 0.545. The summed E-state index contributed by atoms with van der Waals surface area (Å²) in [6.45, 7) is 1.02. The van der Waals surface area contributed by atoms with E-state index in [-0.39, 0.29) is 17.7 Å². The number of fused-ring (bicyclic) bond motifs is 1. The van der Waals surface area contributed by atoms with Crippen LogP contribution in [0.4, 0.5) is 5.82 Å². The van der Waals surface area contributed by atoms with Gasteiger partial charge in [-0.2, -0.15) is 5.10 Å². The normalized spacial score (nSPS) is 16.9. The Kier molecular flexibility index (Phi) is 2.55. The zero-order chi connectivity index (χ0) is 12.6. The summed E-state index contributed by atoms with van der Waals surface area (Å²) in [6.07, 6.45) is 4.56. The molecule has 96 valence electrons. The molecule has 0 saturated heterocycles. The van der Waals surface area contributed by atoms with E-state index in [1.54, 1.807) is 6.07 Å². The highest BCUT2D eigenvalue weighted by Crippen LogP contribution is 2.48. The van der Waals surface area contributed by atoms with Crippen LogP contribution in [0.3, 0.4) is 0 Å². The second kappa shape index (κ2) is 4.09. The van der Waals surface area contributed by atoms with Gasteiger partial charge in [-0.15, -0.1) is 0 Å². The summed E-state index contributed by atoms with van der Waals surface area (Å²) in [7, 11) is 0. The number of nitrogens with one attached hydrogen (secondary N) is 2. The zero-order valence-electron chi connectivity index (χ0n) is 9.89. The van der Waals surface area contributed by atoms with Gasteiger partial charge >= 0.3 is 5.69 Å². The first-order valence-corrected chi connectivity index (χ1v) is 6.00. The van der Waals surface area contributed by atoms with Gasteiger partial charge in [0, 0.05) is 19.2 Å². The highest BCUT2D eigenvalue weighted by Gasteiger charge is 2.41. The lowest BCUT2D eigenvalue weighted by Gasteiger charge is -2.14. The van der Waals surface area contributed by atoms with Crippen molar-refractivity contribution in [2.24, 2.45) is 5.41 Å². The molecule has 7 nitrogen and oxygen atoms in total. The molecule has 1 aliphatic carbocycles. The average molecular weight is 249 g/mol. The van der Waals surface area contributed by atoms with E-state index in [9.17, 15) is 4.79 Å². The molecule has 0 aromatic carbocycles. The maximum atomic E-state index is 11.3. The minimum absolute atomic E-state index is 0.225. The van der Waals surface area contributed by atoms with Crippen LogP contribution < -0.4 is 11.0 Å². The Morgan fingerprint density at radius 3 is 3.11 bits per heavy atom. The van der Waals surface area contributed by atoms with Gasteiger partial charge in [0.05, 0.1) is 0 Å². The van der Waals surface area contributed by atoms with Crippen LogP contribution in [0.25, 0.3) is 5.65 Å². The molecular formula is C11H15N5O2. The highest BCUT2D eigenvalue weighted by molar-refractivity contribution is 5.48. The molecule has 18 heavy (non-hydrogen) atoms. The molecule has 3 rings (SSSR count). The van der Waals surface area contributed by atoms with Crippen molar-refractivity contribution in [2.45, 2.75) is 19.3 Å². The molecule has 0 atom stereocenters. The molecule has 1 aliphatic rings. The fourth-order valence-corrected chi connectivity index (χ4v) is 2.11. The van der Waals surface area contributed by atoms with Gasteiger partial charge in [0.15, 0.2) is 5.65 Å². The number of hydrogen-bond acceptors (Lipinski definition) is 5. The van der Waals surface area contributed by atoms with Gasteiger partial charge in [0.2, 0.25) is 0 Å². The SMILES string of the molecule is O=c1[nH]nc2cc(NCC3(CCO)CC3)ncn12. The molecule has 0 spiro atoms. The molecule has 0 radical (unpaired) electrons. The minimum Gasteiger partial charge on any atom is -0.396 e. The van der Waals surface area contributed by atoms with Gasteiger partial charge in [-0.1, -0.05) is 0 Å². The summed E-state index contributed by atoms with van der Waals surface area (Å²) in [5, 5.41) is 18.5. The van der Waals surface area contributed by atoms with Crippen molar-refractivity contribution in [3.63, 3.8) is 0 Å². The van der Waals surface area contributed by atoms with Crippen LogP contribution in [0.5, 0.6) is 0 Å². The molecule has 0 amide bonds. The Labute approximate surface area is 103 Å². The van der Waals surface area contributed by atoms with Gasteiger partial charge in [0.1, 0.15) is 12.1 Å². The second-order valence-electron chi connectivity index (χ2n) is 4.86. The standard InChI is InChI=1S/C11H15N5O2/c17-4-3-11(1-2-11)6-12-8-5-9-14-15-10(18)16(9)7-13-8/h5,7,12,17H,1-4,6H2,(H,15,18). The maximum absolute atomic E-state index is 11.3. The molecule has 0 unspecified atom stereocenters. The van der Waals surface area contributed by atoms with Crippen LogP contribution in [0, 0.1) is 5.41 Å². The first-order chi connectivity index (χ1) is 8.72. The number of aliphatic hydroxyl groups excluding tert-OH is 1. The van der Waals surface area contributed by atoms with Crippen molar-refractivity contribution in [2.75, 3.05) is 18.5 Å². The molecule has 1 saturated carbocycles. The van der Waals surface area contributed by atoms with E-state index in [4.69, 9.17) is 5.11 Å².